The van der Waals surface area contributed by atoms with Crippen LogP contribution in [-0.2, 0) is 12.6 Å². The Morgan fingerprint density at radius 1 is 1.03 bits per heavy atom. The molecule has 1 aliphatic heterocycles. The van der Waals surface area contributed by atoms with E-state index in [-0.39, 0.29) is 12.2 Å². The number of carbonyl (C=O) groups excluding carboxylic acids is 1. The third kappa shape index (κ3) is 4.04. The van der Waals surface area contributed by atoms with Gasteiger partial charge in [-0.3, -0.25) is 4.79 Å². The van der Waals surface area contributed by atoms with E-state index in [9.17, 15) is 18.0 Å². The molecule has 1 amide bonds. The number of nitrogens with one attached hydrogen (secondary N) is 1. The number of nitrogens with zero attached hydrogens (tertiary/aromatic N) is 2. The van der Waals surface area contributed by atoms with Crippen LogP contribution in [0, 0.1) is 0 Å². The summed E-state index contributed by atoms with van der Waals surface area (Å²) in [6.45, 7) is 0. The van der Waals surface area contributed by atoms with Crippen LogP contribution in [0.3, 0.4) is 0 Å². The van der Waals surface area contributed by atoms with Gasteiger partial charge in [0, 0.05) is 34.5 Å². The maximum Gasteiger partial charge on any atom is 0.417 e. The first kappa shape index (κ1) is 20.4. The van der Waals surface area contributed by atoms with Crippen LogP contribution in [0.5, 0.6) is 0 Å². The van der Waals surface area contributed by atoms with E-state index in [1.165, 1.54) is 0 Å². The summed E-state index contributed by atoms with van der Waals surface area (Å²) >= 11 is 12.3. The smallest absolute Gasteiger partial charge is 0.322 e. The number of pyridine rings is 1. The van der Waals surface area contributed by atoms with E-state index in [4.69, 9.17) is 23.2 Å². The molecule has 0 spiro atoms. The van der Waals surface area contributed by atoms with Gasteiger partial charge in [0.05, 0.1) is 21.9 Å². The van der Waals surface area contributed by atoms with Crippen molar-refractivity contribution in [2.75, 3.05) is 5.32 Å². The molecule has 0 unspecified atom stereocenters. The SMILES string of the molecule is O=C(Nc1ccc(Cl)c(C2=Nc3ncc(C(F)(F)F)cc3C2)c1)c1ccccc1Cl. The Kier molecular flexibility index (Phi) is 5.26. The van der Waals surface area contributed by atoms with Crippen LogP contribution in [0.2, 0.25) is 10.0 Å². The number of anilines is 1. The molecule has 0 bridgehead atoms. The van der Waals surface area contributed by atoms with E-state index in [1.54, 1.807) is 42.5 Å². The van der Waals surface area contributed by atoms with Gasteiger partial charge in [-0.15, -0.1) is 0 Å². The third-order valence-electron chi connectivity index (χ3n) is 4.52. The second kappa shape index (κ2) is 7.74. The van der Waals surface area contributed by atoms with Crippen LogP contribution in [0.15, 0.2) is 59.7 Å². The molecule has 152 valence electrons. The van der Waals surface area contributed by atoms with Gasteiger partial charge < -0.3 is 5.32 Å². The Balaban J connectivity index is 1.60. The molecular weight excluding hydrogens is 438 g/mol. The van der Waals surface area contributed by atoms with Crippen molar-refractivity contribution in [2.24, 2.45) is 4.99 Å². The number of aliphatic imine (C=N–C) groups is 1. The van der Waals surface area contributed by atoms with Crippen molar-refractivity contribution in [3.63, 3.8) is 0 Å². The maximum atomic E-state index is 12.9. The molecule has 4 rings (SSSR count). The highest BCUT2D eigenvalue weighted by atomic mass is 35.5. The average molecular weight is 450 g/mol. The highest BCUT2D eigenvalue weighted by Crippen LogP contribution is 2.35. The first-order valence-electron chi connectivity index (χ1n) is 8.72. The molecule has 0 atom stereocenters. The van der Waals surface area contributed by atoms with Crippen molar-refractivity contribution >= 4 is 46.3 Å². The Hall–Kier alpha value is -2.90. The molecule has 0 saturated heterocycles. The molecular formula is C21H12Cl2F3N3O. The summed E-state index contributed by atoms with van der Waals surface area (Å²) in [6.07, 6.45) is -3.58. The molecule has 1 aliphatic rings. The number of alkyl halides is 3. The van der Waals surface area contributed by atoms with E-state index >= 15 is 0 Å². The van der Waals surface area contributed by atoms with Crippen molar-refractivity contribution in [1.82, 2.24) is 4.98 Å². The summed E-state index contributed by atoms with van der Waals surface area (Å²) in [4.78, 5) is 20.6. The fourth-order valence-corrected chi connectivity index (χ4v) is 3.51. The van der Waals surface area contributed by atoms with Crippen LogP contribution >= 0.6 is 23.2 Å². The van der Waals surface area contributed by atoms with Crippen molar-refractivity contribution < 1.29 is 18.0 Å². The minimum absolute atomic E-state index is 0.147. The molecule has 0 aliphatic carbocycles. The average Bonchev–Trinajstić information content (AvgIpc) is 3.12. The first-order chi connectivity index (χ1) is 14.2. The van der Waals surface area contributed by atoms with Crippen molar-refractivity contribution in [1.29, 1.82) is 0 Å². The Bertz CT molecular complexity index is 1190. The van der Waals surface area contributed by atoms with Crippen molar-refractivity contribution in [2.45, 2.75) is 12.6 Å². The fourth-order valence-electron chi connectivity index (χ4n) is 3.06. The predicted octanol–water partition coefficient (Wildman–Crippen LogP) is 6.34. The van der Waals surface area contributed by atoms with Gasteiger partial charge in [0.1, 0.15) is 0 Å². The van der Waals surface area contributed by atoms with Gasteiger partial charge in [-0.05, 0) is 36.4 Å². The highest BCUT2D eigenvalue weighted by molar-refractivity contribution is 6.35. The molecule has 9 heteroatoms. The second-order valence-electron chi connectivity index (χ2n) is 6.57. The minimum atomic E-state index is -4.48. The Morgan fingerprint density at radius 2 is 1.80 bits per heavy atom. The standard InChI is InChI=1S/C21H12Cl2F3N3O/c22-16-4-2-1-3-14(16)20(30)28-13-5-6-17(23)15(9-13)18-8-11-7-12(21(24,25)26)10-27-19(11)29-18/h1-7,9-10H,8H2,(H,28,30). The molecule has 2 heterocycles. The quantitative estimate of drug-likeness (QED) is 0.507. The summed E-state index contributed by atoms with van der Waals surface area (Å²) < 4.78 is 38.8. The number of benzene rings is 2. The zero-order chi connectivity index (χ0) is 21.5. The number of carbonyl (C=O) groups is 1. The van der Waals surface area contributed by atoms with Gasteiger partial charge in [0.15, 0.2) is 5.82 Å². The summed E-state index contributed by atoms with van der Waals surface area (Å²) in [7, 11) is 0. The third-order valence-corrected chi connectivity index (χ3v) is 5.18. The Labute approximate surface area is 179 Å². The molecule has 4 nitrogen and oxygen atoms in total. The summed E-state index contributed by atoms with van der Waals surface area (Å²) in [6, 6.07) is 12.5. The van der Waals surface area contributed by atoms with Crippen LogP contribution in [0.4, 0.5) is 24.7 Å². The van der Waals surface area contributed by atoms with E-state index in [1.807, 2.05) is 0 Å². The van der Waals surface area contributed by atoms with E-state index < -0.39 is 17.6 Å². The van der Waals surface area contributed by atoms with Gasteiger partial charge >= 0.3 is 6.18 Å². The van der Waals surface area contributed by atoms with Gasteiger partial charge in [-0.25, -0.2) is 9.98 Å². The number of hydrogen-bond acceptors (Lipinski definition) is 3. The van der Waals surface area contributed by atoms with Crippen molar-refractivity contribution in [3.05, 3.63) is 87.0 Å². The molecule has 30 heavy (non-hydrogen) atoms. The molecule has 3 aromatic rings. The van der Waals surface area contributed by atoms with Gasteiger partial charge in [0.2, 0.25) is 0 Å². The van der Waals surface area contributed by atoms with Crippen LogP contribution in [0.1, 0.15) is 27.0 Å². The zero-order valence-corrected chi connectivity index (χ0v) is 16.6. The number of amides is 1. The fraction of sp³-hybridized carbons (Fsp3) is 0.0952. The van der Waals surface area contributed by atoms with Crippen molar-refractivity contribution in [3.8, 4) is 0 Å². The first-order valence-corrected chi connectivity index (χ1v) is 9.47. The molecule has 0 radical (unpaired) electrons. The van der Waals surface area contributed by atoms with Crippen LogP contribution in [0.25, 0.3) is 0 Å². The number of hydrogen-bond donors (Lipinski definition) is 1. The van der Waals surface area contributed by atoms with Gasteiger partial charge in [-0.1, -0.05) is 35.3 Å². The molecule has 1 aromatic heterocycles. The minimum Gasteiger partial charge on any atom is -0.322 e. The molecule has 2 aromatic carbocycles. The lowest BCUT2D eigenvalue weighted by Crippen LogP contribution is -2.13. The van der Waals surface area contributed by atoms with Crippen LogP contribution < -0.4 is 5.32 Å². The number of halogens is 5. The molecule has 1 N–H and O–H groups in total. The summed E-state index contributed by atoms with van der Waals surface area (Å²) in [5, 5.41) is 3.41. The second-order valence-corrected chi connectivity index (χ2v) is 7.38. The van der Waals surface area contributed by atoms with Gasteiger partial charge in [0.25, 0.3) is 5.91 Å². The number of fused-ring (bicyclic) bond motifs is 1. The lowest BCUT2D eigenvalue weighted by atomic mass is 10.0. The highest BCUT2D eigenvalue weighted by Gasteiger charge is 2.32. The van der Waals surface area contributed by atoms with E-state index in [0.717, 1.165) is 12.3 Å². The summed E-state index contributed by atoms with van der Waals surface area (Å²) in [5.74, 6) is -0.179. The number of rotatable bonds is 3. The predicted molar refractivity (Wildman–Crippen MR) is 110 cm³/mol. The largest absolute Gasteiger partial charge is 0.417 e. The topological polar surface area (TPSA) is 54.4 Å². The molecule has 0 saturated carbocycles. The van der Waals surface area contributed by atoms with E-state index in [0.29, 0.717) is 38.1 Å². The zero-order valence-electron chi connectivity index (χ0n) is 15.1. The lowest BCUT2D eigenvalue weighted by molar-refractivity contribution is -0.137. The number of aromatic nitrogens is 1. The monoisotopic (exact) mass is 449 g/mol. The maximum absolute atomic E-state index is 12.9. The normalized spacial score (nSPS) is 13.0. The summed E-state index contributed by atoms with van der Waals surface area (Å²) in [5.41, 5.74) is 1.26. The van der Waals surface area contributed by atoms with E-state index in [2.05, 4.69) is 15.3 Å². The lowest BCUT2D eigenvalue weighted by Gasteiger charge is -2.10. The molecule has 0 fully saturated rings. The van der Waals surface area contributed by atoms with Crippen LogP contribution in [-0.4, -0.2) is 16.6 Å². The Morgan fingerprint density at radius 3 is 2.53 bits per heavy atom. The van der Waals surface area contributed by atoms with Gasteiger partial charge in [-0.2, -0.15) is 13.2 Å².